The van der Waals surface area contributed by atoms with Crippen LogP contribution in [0.3, 0.4) is 0 Å². The summed E-state index contributed by atoms with van der Waals surface area (Å²) in [5, 5.41) is 7.02. The van der Waals surface area contributed by atoms with Gasteiger partial charge in [-0.2, -0.15) is 0 Å². The Morgan fingerprint density at radius 1 is 1.10 bits per heavy atom. The van der Waals surface area contributed by atoms with E-state index in [4.69, 9.17) is 0 Å². The topological polar surface area (TPSA) is 88.2 Å². The number of sulfonamides is 1. The van der Waals surface area contributed by atoms with E-state index >= 15 is 0 Å². The van der Waals surface area contributed by atoms with Crippen LogP contribution in [0.25, 0.3) is 0 Å². The quantitative estimate of drug-likeness (QED) is 0.541. The first-order valence-electron chi connectivity index (χ1n) is 9.06. The second kappa shape index (κ2) is 9.06. The van der Waals surface area contributed by atoms with E-state index in [1.807, 2.05) is 17.5 Å². The molecule has 3 aromatic rings. The number of hydrogen-bond acceptors (Lipinski definition) is 6. The fourth-order valence-corrected chi connectivity index (χ4v) is 5.18. The van der Waals surface area contributed by atoms with Crippen molar-refractivity contribution in [3.8, 4) is 0 Å². The van der Waals surface area contributed by atoms with Crippen molar-refractivity contribution in [3.05, 3.63) is 68.9 Å². The maximum absolute atomic E-state index is 12.7. The summed E-state index contributed by atoms with van der Waals surface area (Å²) in [6.07, 6.45) is 1.14. The fraction of sp³-hybridized carbons (Fsp3) is 0.300. The van der Waals surface area contributed by atoms with Crippen molar-refractivity contribution in [2.75, 3.05) is 11.0 Å². The summed E-state index contributed by atoms with van der Waals surface area (Å²) in [6.45, 7) is 4.29. The lowest BCUT2D eigenvalue weighted by Gasteiger charge is -2.19. The smallest absolute Gasteiger partial charge is 0.231 e. The molecule has 0 fully saturated rings. The number of benzene rings is 1. The molecule has 0 unspecified atom stereocenters. The summed E-state index contributed by atoms with van der Waals surface area (Å²) < 4.78 is 24.9. The van der Waals surface area contributed by atoms with Gasteiger partial charge in [-0.15, -0.1) is 22.7 Å². The van der Waals surface area contributed by atoms with E-state index < -0.39 is 10.0 Å². The summed E-state index contributed by atoms with van der Waals surface area (Å²) in [5.41, 5.74) is 2.79. The highest BCUT2D eigenvalue weighted by molar-refractivity contribution is 7.92. The van der Waals surface area contributed by atoms with Crippen LogP contribution in [-0.2, 0) is 21.2 Å². The minimum atomic E-state index is -3.39. The van der Waals surface area contributed by atoms with E-state index in [1.54, 1.807) is 16.7 Å². The van der Waals surface area contributed by atoms with Gasteiger partial charge in [0.25, 0.3) is 0 Å². The molecule has 9 heteroatoms. The first kappa shape index (κ1) is 21.5. The first-order chi connectivity index (χ1) is 13.7. The molecule has 29 heavy (non-hydrogen) atoms. The molecule has 2 aromatic heterocycles. The Morgan fingerprint density at radius 2 is 1.79 bits per heavy atom. The highest BCUT2D eigenvalue weighted by Crippen LogP contribution is 2.28. The van der Waals surface area contributed by atoms with Gasteiger partial charge < -0.3 is 5.32 Å². The number of carbonyl (C=O) groups excluding carboxylic acids is 1. The van der Waals surface area contributed by atoms with E-state index in [0.717, 1.165) is 28.0 Å². The van der Waals surface area contributed by atoms with Crippen LogP contribution in [0, 0.1) is 0 Å². The molecule has 3 rings (SSSR count). The highest BCUT2D eigenvalue weighted by atomic mass is 32.2. The SMILES string of the molecule is CC(C)c1ccc([C@H](NC(=O)Cc2csc(NS(C)(=O)=O)n2)c2cccs2)cc1. The third-order valence-corrected chi connectivity index (χ3v) is 6.67. The third-order valence-electron chi connectivity index (χ3n) is 4.24. The zero-order valence-corrected chi connectivity index (χ0v) is 18.8. The minimum absolute atomic E-state index is 0.0773. The second-order valence-corrected chi connectivity index (χ2v) is 10.6. The summed E-state index contributed by atoms with van der Waals surface area (Å²) in [6, 6.07) is 12.0. The maximum Gasteiger partial charge on any atom is 0.231 e. The standard InChI is InChI=1S/C20H23N3O3S3/c1-13(2)14-6-8-15(9-7-14)19(17-5-4-10-27-17)22-18(24)11-16-12-28-20(21-16)23-29(3,25)26/h4-10,12-13,19H,11H2,1-3H3,(H,21,23)(H,22,24)/t19-/m0/s1. The fourth-order valence-electron chi connectivity index (χ4n) is 2.82. The van der Waals surface area contributed by atoms with Gasteiger partial charge in [-0.05, 0) is 28.5 Å². The van der Waals surface area contributed by atoms with Crippen LogP contribution >= 0.6 is 22.7 Å². The normalized spacial score (nSPS) is 12.7. The molecule has 6 nitrogen and oxygen atoms in total. The van der Waals surface area contributed by atoms with Crippen molar-refractivity contribution >= 4 is 43.7 Å². The van der Waals surface area contributed by atoms with Crippen LogP contribution < -0.4 is 10.0 Å². The Morgan fingerprint density at radius 3 is 2.38 bits per heavy atom. The molecule has 1 aromatic carbocycles. The van der Waals surface area contributed by atoms with Crippen molar-refractivity contribution in [3.63, 3.8) is 0 Å². The van der Waals surface area contributed by atoms with Gasteiger partial charge in [-0.3, -0.25) is 9.52 Å². The molecule has 0 bridgehead atoms. The number of nitrogens with one attached hydrogen (secondary N) is 2. The summed E-state index contributed by atoms with van der Waals surface area (Å²) >= 11 is 2.75. The Labute approximate surface area is 179 Å². The second-order valence-electron chi connectivity index (χ2n) is 7.03. The van der Waals surface area contributed by atoms with Gasteiger partial charge in [0.15, 0.2) is 5.13 Å². The van der Waals surface area contributed by atoms with Gasteiger partial charge in [0.05, 0.1) is 24.4 Å². The number of amides is 1. The van der Waals surface area contributed by atoms with Crippen LogP contribution in [0.1, 0.15) is 47.5 Å². The Balaban J connectivity index is 1.74. The lowest BCUT2D eigenvalue weighted by molar-refractivity contribution is -0.121. The molecule has 0 spiro atoms. The van der Waals surface area contributed by atoms with Crippen LogP contribution in [-0.4, -0.2) is 25.6 Å². The highest BCUT2D eigenvalue weighted by Gasteiger charge is 2.19. The Hall–Kier alpha value is -2.23. The van der Waals surface area contributed by atoms with Gasteiger partial charge >= 0.3 is 0 Å². The van der Waals surface area contributed by atoms with Crippen LogP contribution in [0.4, 0.5) is 5.13 Å². The zero-order valence-electron chi connectivity index (χ0n) is 16.4. The molecular formula is C20H23N3O3S3. The number of hydrogen-bond donors (Lipinski definition) is 2. The molecule has 0 aliphatic rings. The van der Waals surface area contributed by atoms with Crippen LogP contribution in [0.2, 0.25) is 0 Å². The largest absolute Gasteiger partial charge is 0.344 e. The number of nitrogens with zero attached hydrogens (tertiary/aromatic N) is 1. The van der Waals surface area contributed by atoms with E-state index in [9.17, 15) is 13.2 Å². The minimum Gasteiger partial charge on any atom is -0.344 e. The Bertz CT molecular complexity index is 1060. The van der Waals surface area contributed by atoms with Crippen molar-refractivity contribution in [1.29, 1.82) is 0 Å². The monoisotopic (exact) mass is 449 g/mol. The molecule has 0 aliphatic heterocycles. The van der Waals surface area contributed by atoms with Gasteiger partial charge in [0.2, 0.25) is 15.9 Å². The van der Waals surface area contributed by atoms with E-state index in [2.05, 4.69) is 53.1 Å². The van der Waals surface area contributed by atoms with Crippen molar-refractivity contribution in [1.82, 2.24) is 10.3 Å². The number of thiazole rings is 1. The van der Waals surface area contributed by atoms with Crippen molar-refractivity contribution in [2.24, 2.45) is 0 Å². The molecule has 1 amide bonds. The summed E-state index contributed by atoms with van der Waals surface area (Å²) in [5.74, 6) is 0.269. The molecular weight excluding hydrogens is 426 g/mol. The molecule has 154 valence electrons. The number of rotatable bonds is 8. The van der Waals surface area contributed by atoms with Crippen molar-refractivity contribution < 1.29 is 13.2 Å². The van der Waals surface area contributed by atoms with Crippen LogP contribution in [0.15, 0.2) is 47.2 Å². The summed E-state index contributed by atoms with van der Waals surface area (Å²) in [4.78, 5) is 17.9. The van der Waals surface area contributed by atoms with Gasteiger partial charge in [0, 0.05) is 10.3 Å². The number of thiophene rings is 1. The molecule has 0 saturated heterocycles. The molecule has 1 atom stereocenters. The first-order valence-corrected chi connectivity index (χ1v) is 12.7. The number of carbonyl (C=O) groups is 1. The molecule has 0 saturated carbocycles. The third kappa shape index (κ3) is 6.12. The van der Waals surface area contributed by atoms with Gasteiger partial charge in [-0.1, -0.05) is 44.2 Å². The molecule has 2 heterocycles. The predicted octanol–water partition coefficient (Wildman–Crippen LogP) is 4.15. The Kier molecular flexibility index (Phi) is 6.71. The predicted molar refractivity (Wildman–Crippen MR) is 119 cm³/mol. The summed E-state index contributed by atoms with van der Waals surface area (Å²) in [7, 11) is -3.39. The number of anilines is 1. The maximum atomic E-state index is 12.7. The molecule has 2 N–H and O–H groups in total. The van der Waals surface area contributed by atoms with E-state index in [-0.39, 0.29) is 23.5 Å². The van der Waals surface area contributed by atoms with Crippen LogP contribution in [0.5, 0.6) is 0 Å². The van der Waals surface area contributed by atoms with E-state index in [1.165, 1.54) is 5.56 Å². The van der Waals surface area contributed by atoms with Gasteiger partial charge in [0.1, 0.15) is 0 Å². The van der Waals surface area contributed by atoms with Gasteiger partial charge in [-0.25, -0.2) is 13.4 Å². The van der Waals surface area contributed by atoms with E-state index in [0.29, 0.717) is 11.6 Å². The lowest BCUT2D eigenvalue weighted by atomic mass is 9.98. The average Bonchev–Trinajstić information content (AvgIpc) is 3.30. The zero-order chi connectivity index (χ0) is 21.0. The van der Waals surface area contributed by atoms with Crippen molar-refractivity contribution in [2.45, 2.75) is 32.2 Å². The average molecular weight is 450 g/mol. The molecule has 0 aliphatic carbocycles. The molecule has 0 radical (unpaired) electrons. The number of aromatic nitrogens is 1. The lowest BCUT2D eigenvalue weighted by Crippen LogP contribution is -2.30.